The predicted octanol–water partition coefficient (Wildman–Crippen LogP) is 0.331. The van der Waals surface area contributed by atoms with Crippen LogP contribution in [-0.2, 0) is 4.79 Å². The lowest BCUT2D eigenvalue weighted by molar-refractivity contribution is -0.133. The van der Waals surface area contributed by atoms with Gasteiger partial charge in [0.25, 0.3) is 0 Å². The van der Waals surface area contributed by atoms with E-state index in [1.54, 1.807) is 0 Å². The molecule has 5 nitrogen and oxygen atoms in total. The van der Waals surface area contributed by atoms with Gasteiger partial charge in [-0.2, -0.15) is 5.53 Å². The van der Waals surface area contributed by atoms with Crippen molar-refractivity contribution in [3.63, 3.8) is 0 Å². The summed E-state index contributed by atoms with van der Waals surface area (Å²) in [6.45, 7) is 1.49. The number of likely N-dealkylation sites (tertiary alicyclic amines) is 1. The number of carbonyl (C=O) groups excluding carboxylic acids is 1. The van der Waals surface area contributed by atoms with Gasteiger partial charge in [0.15, 0.2) is 0 Å². The number of amides is 1. The van der Waals surface area contributed by atoms with Crippen molar-refractivity contribution in [2.75, 3.05) is 13.1 Å². The van der Waals surface area contributed by atoms with E-state index in [1.807, 2.05) is 23.1 Å². The van der Waals surface area contributed by atoms with Crippen LogP contribution >= 0.6 is 0 Å². The summed E-state index contributed by atoms with van der Waals surface area (Å²) >= 11 is 0. The molecule has 0 bridgehead atoms. The van der Waals surface area contributed by atoms with Gasteiger partial charge in [-0.1, -0.05) is 30.3 Å². The minimum absolute atomic E-state index is 0.158. The molecule has 2 heterocycles. The van der Waals surface area contributed by atoms with Gasteiger partial charge in [0.2, 0.25) is 5.91 Å². The van der Waals surface area contributed by atoms with E-state index >= 15 is 0 Å². The highest BCUT2D eigenvalue weighted by Gasteiger charge is 2.34. The summed E-state index contributed by atoms with van der Waals surface area (Å²) in [6, 6.07) is 10.4. The van der Waals surface area contributed by atoms with Crippen molar-refractivity contribution in [3.8, 4) is 0 Å². The highest BCUT2D eigenvalue weighted by Crippen LogP contribution is 2.32. The van der Waals surface area contributed by atoms with Crippen molar-refractivity contribution in [3.05, 3.63) is 35.9 Å². The van der Waals surface area contributed by atoms with Gasteiger partial charge in [-0.05, 0) is 18.4 Å². The third-order valence-corrected chi connectivity index (χ3v) is 3.66. The van der Waals surface area contributed by atoms with Gasteiger partial charge in [-0.15, -0.1) is 0 Å². The molecule has 2 saturated heterocycles. The Morgan fingerprint density at radius 2 is 2.11 bits per heavy atom. The average Bonchev–Trinajstić information content (AvgIpc) is 3.10. The number of carbonyl (C=O) groups is 1. The summed E-state index contributed by atoms with van der Waals surface area (Å²) in [7, 11) is 0. The molecule has 0 radical (unpaired) electrons. The van der Waals surface area contributed by atoms with Crippen molar-refractivity contribution in [1.29, 1.82) is 0 Å². The Balaban J connectivity index is 1.77. The molecule has 1 amide bonds. The maximum Gasteiger partial charge on any atom is 0.243 e. The molecule has 0 spiro atoms. The molecule has 18 heavy (non-hydrogen) atoms. The SMILES string of the molecule is O=C(C1CNNN1)N1CCCC1c1ccccc1. The highest BCUT2D eigenvalue weighted by atomic mass is 16.2. The van der Waals surface area contributed by atoms with Crippen molar-refractivity contribution in [1.82, 2.24) is 21.3 Å². The maximum atomic E-state index is 12.4. The zero-order valence-corrected chi connectivity index (χ0v) is 10.2. The van der Waals surface area contributed by atoms with Gasteiger partial charge in [-0.25, -0.2) is 10.9 Å². The molecule has 5 heteroatoms. The summed E-state index contributed by atoms with van der Waals surface area (Å²) in [5.74, 6) is 0.179. The molecule has 3 N–H and O–H groups in total. The van der Waals surface area contributed by atoms with E-state index in [9.17, 15) is 4.79 Å². The van der Waals surface area contributed by atoms with Gasteiger partial charge in [0.05, 0.1) is 6.04 Å². The second-order valence-corrected chi connectivity index (χ2v) is 4.80. The van der Waals surface area contributed by atoms with Gasteiger partial charge in [-0.3, -0.25) is 4.79 Å². The highest BCUT2D eigenvalue weighted by molar-refractivity contribution is 5.83. The van der Waals surface area contributed by atoms with Crippen molar-refractivity contribution in [2.24, 2.45) is 0 Å². The second-order valence-electron chi connectivity index (χ2n) is 4.80. The van der Waals surface area contributed by atoms with E-state index < -0.39 is 0 Å². The fourth-order valence-electron chi connectivity index (χ4n) is 2.74. The van der Waals surface area contributed by atoms with Crippen molar-refractivity contribution < 1.29 is 4.79 Å². The zero-order chi connectivity index (χ0) is 12.4. The van der Waals surface area contributed by atoms with E-state index in [2.05, 4.69) is 28.5 Å². The van der Waals surface area contributed by atoms with E-state index in [1.165, 1.54) is 5.56 Å². The van der Waals surface area contributed by atoms with Crippen LogP contribution < -0.4 is 16.4 Å². The van der Waals surface area contributed by atoms with E-state index in [0.717, 1.165) is 19.4 Å². The Kier molecular flexibility index (Phi) is 3.27. The first kappa shape index (κ1) is 11.6. The number of hydrazine groups is 2. The zero-order valence-electron chi connectivity index (χ0n) is 10.2. The molecular formula is C13H18N4O. The Labute approximate surface area is 106 Å². The van der Waals surface area contributed by atoms with Gasteiger partial charge in [0, 0.05) is 13.1 Å². The molecule has 0 aliphatic carbocycles. The standard InChI is InChI=1S/C13H18N4O/c18-13(11-9-14-16-15-11)17-8-4-7-12(17)10-5-2-1-3-6-10/h1-3,5-6,11-12,14-16H,4,7-9H2. The quantitative estimate of drug-likeness (QED) is 0.704. The van der Waals surface area contributed by atoms with Crippen LogP contribution in [-0.4, -0.2) is 29.9 Å². The first-order valence-electron chi connectivity index (χ1n) is 6.45. The number of hydrogen-bond donors (Lipinski definition) is 3. The third kappa shape index (κ3) is 2.12. The molecule has 2 aliphatic rings. The first-order chi connectivity index (χ1) is 8.86. The monoisotopic (exact) mass is 246 g/mol. The Morgan fingerprint density at radius 1 is 1.28 bits per heavy atom. The molecule has 2 unspecified atom stereocenters. The minimum Gasteiger partial charge on any atom is -0.334 e. The molecule has 1 aromatic rings. The molecule has 2 aliphatic heterocycles. The fourth-order valence-corrected chi connectivity index (χ4v) is 2.74. The van der Waals surface area contributed by atoms with Crippen LogP contribution in [0.4, 0.5) is 0 Å². The van der Waals surface area contributed by atoms with Crippen molar-refractivity contribution >= 4 is 5.91 Å². The van der Waals surface area contributed by atoms with Gasteiger partial charge >= 0.3 is 0 Å². The summed E-state index contributed by atoms with van der Waals surface area (Å²) in [5.41, 5.74) is 9.90. The fraction of sp³-hybridized carbons (Fsp3) is 0.462. The summed E-state index contributed by atoms with van der Waals surface area (Å²) in [6.07, 6.45) is 2.14. The Hall–Kier alpha value is -1.43. The van der Waals surface area contributed by atoms with E-state index in [-0.39, 0.29) is 18.0 Å². The van der Waals surface area contributed by atoms with Gasteiger partial charge in [0.1, 0.15) is 6.04 Å². The molecule has 1 aromatic carbocycles. The first-order valence-corrected chi connectivity index (χ1v) is 6.45. The topological polar surface area (TPSA) is 56.4 Å². The molecule has 3 rings (SSSR count). The number of nitrogens with zero attached hydrogens (tertiary/aromatic N) is 1. The van der Waals surface area contributed by atoms with Crippen LogP contribution in [0.5, 0.6) is 0 Å². The molecule has 0 saturated carbocycles. The Morgan fingerprint density at radius 3 is 2.83 bits per heavy atom. The lowest BCUT2D eigenvalue weighted by Gasteiger charge is -2.27. The second kappa shape index (κ2) is 5.06. The summed E-state index contributed by atoms with van der Waals surface area (Å²) in [5, 5.41) is 0. The third-order valence-electron chi connectivity index (χ3n) is 3.66. The summed E-state index contributed by atoms with van der Waals surface area (Å²) in [4.78, 5) is 14.4. The van der Waals surface area contributed by atoms with Crippen LogP contribution in [0.1, 0.15) is 24.4 Å². The van der Waals surface area contributed by atoms with Crippen molar-refractivity contribution in [2.45, 2.75) is 24.9 Å². The van der Waals surface area contributed by atoms with Crippen LogP contribution in [0, 0.1) is 0 Å². The van der Waals surface area contributed by atoms with Crippen LogP contribution in [0.2, 0.25) is 0 Å². The molecule has 2 atom stereocenters. The normalized spacial score (nSPS) is 27.7. The number of rotatable bonds is 2. The number of hydrogen-bond acceptors (Lipinski definition) is 4. The molecule has 0 aromatic heterocycles. The number of nitrogens with one attached hydrogen (secondary N) is 3. The molecule has 2 fully saturated rings. The lowest BCUT2D eigenvalue weighted by Crippen LogP contribution is -2.46. The molecular weight excluding hydrogens is 228 g/mol. The lowest BCUT2D eigenvalue weighted by atomic mass is 10.0. The average molecular weight is 246 g/mol. The summed E-state index contributed by atoms with van der Waals surface area (Å²) < 4.78 is 0. The molecule has 96 valence electrons. The van der Waals surface area contributed by atoms with E-state index in [4.69, 9.17) is 0 Å². The van der Waals surface area contributed by atoms with Crippen LogP contribution in [0.15, 0.2) is 30.3 Å². The predicted molar refractivity (Wildman–Crippen MR) is 68.2 cm³/mol. The number of benzene rings is 1. The van der Waals surface area contributed by atoms with E-state index in [0.29, 0.717) is 6.54 Å². The maximum absolute atomic E-state index is 12.4. The van der Waals surface area contributed by atoms with Crippen LogP contribution in [0.3, 0.4) is 0 Å². The largest absolute Gasteiger partial charge is 0.334 e. The Bertz CT molecular complexity index is 416. The smallest absolute Gasteiger partial charge is 0.243 e. The minimum atomic E-state index is -0.158. The van der Waals surface area contributed by atoms with Gasteiger partial charge < -0.3 is 4.90 Å². The van der Waals surface area contributed by atoms with Crippen LogP contribution in [0.25, 0.3) is 0 Å².